The van der Waals surface area contributed by atoms with Crippen LogP contribution >= 0.6 is 11.3 Å². The van der Waals surface area contributed by atoms with Gasteiger partial charge in [-0.15, -0.1) is 11.3 Å². The van der Waals surface area contributed by atoms with Crippen LogP contribution in [-0.4, -0.2) is 4.57 Å². The maximum atomic E-state index is 2.46. The lowest BCUT2D eigenvalue weighted by Gasteiger charge is -2.26. The summed E-state index contributed by atoms with van der Waals surface area (Å²) in [5, 5.41) is 5.14. The Morgan fingerprint density at radius 3 is 1.71 bits per heavy atom. The van der Waals surface area contributed by atoms with E-state index in [0.717, 1.165) is 17.1 Å². The predicted molar refractivity (Wildman–Crippen MR) is 219 cm³/mol. The zero-order valence-electron chi connectivity index (χ0n) is 27.8. The van der Waals surface area contributed by atoms with Gasteiger partial charge in [0.1, 0.15) is 0 Å². The van der Waals surface area contributed by atoms with Crippen molar-refractivity contribution in [1.29, 1.82) is 0 Å². The minimum absolute atomic E-state index is 1.12. The van der Waals surface area contributed by atoms with E-state index in [1.165, 1.54) is 69.9 Å². The van der Waals surface area contributed by atoms with Crippen LogP contribution in [-0.2, 0) is 0 Å². The van der Waals surface area contributed by atoms with Gasteiger partial charge in [-0.3, -0.25) is 0 Å². The Morgan fingerprint density at radius 2 is 0.941 bits per heavy atom. The molecule has 0 spiro atoms. The van der Waals surface area contributed by atoms with Crippen LogP contribution in [0.1, 0.15) is 0 Å². The molecule has 0 fully saturated rings. The van der Waals surface area contributed by atoms with Crippen molar-refractivity contribution >= 4 is 70.4 Å². The first-order chi connectivity index (χ1) is 25.3. The van der Waals surface area contributed by atoms with Gasteiger partial charge in [0.15, 0.2) is 0 Å². The Labute approximate surface area is 300 Å². The minimum atomic E-state index is 1.12. The second kappa shape index (κ2) is 12.2. The molecule has 3 heteroatoms. The highest BCUT2D eigenvalue weighted by molar-refractivity contribution is 7.26. The Bertz CT molecular complexity index is 2830. The van der Waals surface area contributed by atoms with Gasteiger partial charge >= 0.3 is 0 Å². The molecule has 0 bridgehead atoms. The zero-order valence-corrected chi connectivity index (χ0v) is 28.6. The molecule has 10 aromatic rings. The van der Waals surface area contributed by atoms with Gasteiger partial charge in [0, 0.05) is 43.3 Å². The molecule has 0 saturated carbocycles. The lowest BCUT2D eigenvalue weighted by Crippen LogP contribution is -2.09. The number of hydrogen-bond acceptors (Lipinski definition) is 2. The number of rotatable bonds is 6. The maximum absolute atomic E-state index is 2.46. The summed E-state index contributed by atoms with van der Waals surface area (Å²) in [6.07, 6.45) is 0. The Balaban J connectivity index is 1.13. The number of anilines is 3. The van der Waals surface area contributed by atoms with E-state index in [-0.39, 0.29) is 0 Å². The second-order valence-corrected chi connectivity index (χ2v) is 14.0. The summed E-state index contributed by atoms with van der Waals surface area (Å²) in [5.41, 5.74) is 11.8. The molecule has 0 radical (unpaired) electrons. The van der Waals surface area contributed by atoms with Crippen molar-refractivity contribution in [3.8, 4) is 27.9 Å². The van der Waals surface area contributed by atoms with Gasteiger partial charge in [0.2, 0.25) is 0 Å². The third-order valence-electron chi connectivity index (χ3n) is 9.98. The van der Waals surface area contributed by atoms with Gasteiger partial charge in [-0.2, -0.15) is 0 Å². The average molecular weight is 669 g/mol. The van der Waals surface area contributed by atoms with E-state index in [4.69, 9.17) is 0 Å². The summed E-state index contributed by atoms with van der Waals surface area (Å²) < 4.78 is 5.10. The summed E-state index contributed by atoms with van der Waals surface area (Å²) in [5.74, 6) is 0. The summed E-state index contributed by atoms with van der Waals surface area (Å²) in [4.78, 5) is 2.32. The Hall–Kier alpha value is -6.42. The van der Waals surface area contributed by atoms with Gasteiger partial charge in [-0.25, -0.2) is 0 Å². The van der Waals surface area contributed by atoms with Crippen molar-refractivity contribution in [3.63, 3.8) is 0 Å². The van der Waals surface area contributed by atoms with Crippen molar-refractivity contribution in [2.24, 2.45) is 0 Å². The van der Waals surface area contributed by atoms with Crippen LogP contribution in [0, 0.1) is 0 Å². The monoisotopic (exact) mass is 668 g/mol. The molecule has 2 heterocycles. The molecular formula is C48H32N2S. The highest BCUT2D eigenvalue weighted by Crippen LogP contribution is 2.43. The number of para-hydroxylation sites is 3. The van der Waals surface area contributed by atoms with Crippen molar-refractivity contribution in [1.82, 2.24) is 4.57 Å². The van der Waals surface area contributed by atoms with Gasteiger partial charge in [0.25, 0.3) is 0 Å². The summed E-state index contributed by atoms with van der Waals surface area (Å²) in [7, 11) is 0. The average Bonchev–Trinajstić information content (AvgIpc) is 3.75. The van der Waals surface area contributed by atoms with E-state index < -0.39 is 0 Å². The summed E-state index contributed by atoms with van der Waals surface area (Å²) in [6, 6.07) is 70.2. The van der Waals surface area contributed by atoms with Crippen LogP contribution in [0.5, 0.6) is 0 Å². The van der Waals surface area contributed by atoms with Crippen molar-refractivity contribution in [2.45, 2.75) is 0 Å². The Morgan fingerprint density at radius 1 is 0.373 bits per heavy atom. The van der Waals surface area contributed by atoms with E-state index in [0.29, 0.717) is 0 Å². The van der Waals surface area contributed by atoms with Crippen molar-refractivity contribution in [2.75, 3.05) is 4.90 Å². The van der Waals surface area contributed by atoms with Crippen molar-refractivity contribution < 1.29 is 0 Å². The largest absolute Gasteiger partial charge is 0.310 e. The number of thiophene rings is 1. The van der Waals surface area contributed by atoms with Crippen molar-refractivity contribution in [3.05, 3.63) is 194 Å². The molecular weight excluding hydrogens is 637 g/mol. The zero-order chi connectivity index (χ0) is 33.7. The van der Waals surface area contributed by atoms with Gasteiger partial charge in [-0.1, -0.05) is 127 Å². The Kier molecular flexibility index (Phi) is 7.04. The molecule has 51 heavy (non-hydrogen) atoms. The molecule has 10 rings (SSSR count). The topological polar surface area (TPSA) is 8.17 Å². The highest BCUT2D eigenvalue weighted by Gasteiger charge is 2.18. The second-order valence-electron chi connectivity index (χ2n) is 12.9. The van der Waals surface area contributed by atoms with E-state index >= 15 is 0 Å². The first-order valence-electron chi connectivity index (χ1n) is 17.4. The highest BCUT2D eigenvalue weighted by atomic mass is 32.1. The van der Waals surface area contributed by atoms with E-state index in [2.05, 4.69) is 204 Å². The van der Waals surface area contributed by atoms with Gasteiger partial charge < -0.3 is 9.47 Å². The molecule has 0 amide bonds. The lowest BCUT2D eigenvalue weighted by atomic mass is 9.93. The van der Waals surface area contributed by atoms with Crippen LogP contribution in [0.15, 0.2) is 194 Å². The fourth-order valence-electron chi connectivity index (χ4n) is 7.71. The number of benzene rings is 8. The quantitative estimate of drug-likeness (QED) is 0.171. The lowest BCUT2D eigenvalue weighted by molar-refractivity contribution is 1.20. The first-order valence-corrected chi connectivity index (χ1v) is 18.2. The smallest absolute Gasteiger partial charge is 0.0640 e. The third-order valence-corrected chi connectivity index (χ3v) is 11.2. The van der Waals surface area contributed by atoms with E-state index in [1.54, 1.807) is 0 Å². The van der Waals surface area contributed by atoms with Crippen LogP contribution in [0.4, 0.5) is 17.1 Å². The molecule has 0 aliphatic carbocycles. The number of hydrogen-bond donors (Lipinski definition) is 0. The predicted octanol–water partition coefficient (Wildman–Crippen LogP) is 14.0. The standard InChI is InChI=1S/C48H32N2S/c1-3-16-35(17-4-1)49(36-18-5-2-6-19-36)37-20-13-15-33(31-37)38-21-7-8-22-39(38)34-29-30-45-43(32-34)40-23-9-11-26-44(40)50(45)46-27-14-25-42-41-24-10-12-28-47(41)51-48(42)46/h1-32H. The SMILES string of the molecule is c1ccc(N(c2ccccc2)c2cccc(-c3ccccc3-c3ccc4c(c3)c3ccccc3n4-c3cccc4c3sc3ccccc34)c2)cc1. The molecule has 0 saturated heterocycles. The van der Waals surface area contributed by atoms with Crippen LogP contribution in [0.3, 0.4) is 0 Å². The van der Waals surface area contributed by atoms with E-state index in [9.17, 15) is 0 Å². The van der Waals surface area contributed by atoms with Crippen LogP contribution in [0.25, 0.3) is 69.9 Å². The van der Waals surface area contributed by atoms with Gasteiger partial charge in [0.05, 0.1) is 21.4 Å². The van der Waals surface area contributed by atoms with Crippen LogP contribution < -0.4 is 4.90 Å². The molecule has 2 nitrogen and oxygen atoms in total. The molecule has 0 aliphatic heterocycles. The number of nitrogens with zero attached hydrogens (tertiary/aromatic N) is 2. The normalized spacial score (nSPS) is 11.5. The number of aromatic nitrogens is 1. The number of fused-ring (bicyclic) bond motifs is 6. The third kappa shape index (κ3) is 4.93. The fraction of sp³-hybridized carbons (Fsp3) is 0. The van der Waals surface area contributed by atoms with Gasteiger partial charge in [-0.05, 0) is 89.0 Å². The first kappa shape index (κ1) is 29.5. The maximum Gasteiger partial charge on any atom is 0.0640 e. The molecule has 0 unspecified atom stereocenters. The summed E-state index contributed by atoms with van der Waals surface area (Å²) >= 11 is 1.88. The minimum Gasteiger partial charge on any atom is -0.310 e. The fourth-order valence-corrected chi connectivity index (χ4v) is 8.92. The molecule has 0 aliphatic rings. The molecule has 0 N–H and O–H groups in total. The molecule has 240 valence electrons. The molecule has 2 aromatic heterocycles. The molecule has 0 atom stereocenters. The molecule has 8 aromatic carbocycles. The summed E-state index contributed by atoms with van der Waals surface area (Å²) in [6.45, 7) is 0. The van der Waals surface area contributed by atoms with Crippen LogP contribution in [0.2, 0.25) is 0 Å². The van der Waals surface area contributed by atoms with E-state index in [1.807, 2.05) is 11.3 Å².